The van der Waals surface area contributed by atoms with E-state index in [1.54, 1.807) is 13.0 Å². The van der Waals surface area contributed by atoms with Gasteiger partial charge in [-0.2, -0.15) is 0 Å². The van der Waals surface area contributed by atoms with Gasteiger partial charge >= 0.3 is 0 Å². The van der Waals surface area contributed by atoms with Crippen molar-refractivity contribution in [1.82, 2.24) is 0 Å². The molecular weight excluding hydrogens is 214 g/mol. The third kappa shape index (κ3) is 2.39. The van der Waals surface area contributed by atoms with Gasteiger partial charge in [0.15, 0.2) is 0 Å². The molecule has 1 aromatic carbocycles. The Kier molecular flexibility index (Phi) is 3.59. The third-order valence-electron chi connectivity index (χ3n) is 3.07. The molecule has 0 unspecified atom stereocenters. The molecule has 2 rings (SSSR count). The van der Waals surface area contributed by atoms with Crippen LogP contribution in [0.4, 0.5) is 5.69 Å². The van der Waals surface area contributed by atoms with Gasteiger partial charge in [0.1, 0.15) is 0 Å². The molecule has 1 N–H and O–H groups in total. The molecule has 3 nitrogen and oxygen atoms in total. The number of benzene rings is 1. The highest BCUT2D eigenvalue weighted by atomic mass is 16.2. The van der Waals surface area contributed by atoms with Crippen LogP contribution in [0.2, 0.25) is 0 Å². The van der Waals surface area contributed by atoms with Crippen LogP contribution in [0.15, 0.2) is 30.4 Å². The molecular formula is C14H17NO2. The van der Waals surface area contributed by atoms with Crippen molar-refractivity contribution in [3.63, 3.8) is 0 Å². The van der Waals surface area contributed by atoms with E-state index in [4.69, 9.17) is 5.11 Å². The molecule has 1 aliphatic rings. The minimum atomic E-state index is 0.0610. The van der Waals surface area contributed by atoms with Crippen LogP contribution < -0.4 is 4.90 Å². The lowest BCUT2D eigenvalue weighted by Gasteiger charge is -2.18. The van der Waals surface area contributed by atoms with Crippen LogP contribution in [0.5, 0.6) is 0 Å². The monoisotopic (exact) mass is 231 g/mol. The van der Waals surface area contributed by atoms with Crippen molar-refractivity contribution in [2.24, 2.45) is 0 Å². The molecule has 0 saturated carbocycles. The number of aliphatic hydroxyl groups excluding tert-OH is 1. The maximum Gasteiger partial charge on any atom is 0.223 e. The Labute approximate surface area is 101 Å². The summed E-state index contributed by atoms with van der Waals surface area (Å²) < 4.78 is 0. The van der Waals surface area contributed by atoms with Gasteiger partial charge in [0, 0.05) is 13.5 Å². The maximum atomic E-state index is 11.6. The Morgan fingerprint density at radius 2 is 2.29 bits per heavy atom. The number of aliphatic hydroxyl groups is 1. The zero-order valence-electron chi connectivity index (χ0n) is 10.0. The molecule has 1 amide bonds. The van der Waals surface area contributed by atoms with Gasteiger partial charge in [0.25, 0.3) is 0 Å². The van der Waals surface area contributed by atoms with Gasteiger partial charge in [-0.15, -0.1) is 0 Å². The Morgan fingerprint density at radius 3 is 3.00 bits per heavy atom. The van der Waals surface area contributed by atoms with Gasteiger partial charge in [0.2, 0.25) is 5.91 Å². The van der Waals surface area contributed by atoms with Crippen LogP contribution in [0, 0.1) is 0 Å². The van der Waals surface area contributed by atoms with E-state index in [9.17, 15) is 4.79 Å². The highest BCUT2D eigenvalue weighted by Gasteiger charge is 2.24. The molecule has 3 heteroatoms. The molecule has 0 fully saturated rings. The number of rotatable bonds is 3. The van der Waals surface area contributed by atoms with E-state index < -0.39 is 0 Å². The second kappa shape index (κ2) is 5.15. The number of anilines is 1. The highest BCUT2D eigenvalue weighted by Crippen LogP contribution is 2.32. The number of hydrogen-bond acceptors (Lipinski definition) is 2. The van der Waals surface area contributed by atoms with Crippen LogP contribution in [-0.2, 0) is 17.6 Å². The molecule has 90 valence electrons. The summed E-state index contributed by atoms with van der Waals surface area (Å²) in [4.78, 5) is 13.4. The van der Waals surface area contributed by atoms with E-state index in [-0.39, 0.29) is 12.5 Å². The lowest BCUT2D eigenvalue weighted by atomic mass is 10.0. The Balaban J connectivity index is 2.31. The number of allylic oxidation sites excluding steroid dienone is 1. The fraction of sp³-hybridized carbons (Fsp3) is 0.357. The topological polar surface area (TPSA) is 40.5 Å². The molecule has 17 heavy (non-hydrogen) atoms. The van der Waals surface area contributed by atoms with E-state index in [1.807, 2.05) is 23.1 Å². The predicted molar refractivity (Wildman–Crippen MR) is 68.1 cm³/mol. The highest BCUT2D eigenvalue weighted by molar-refractivity contribution is 5.94. The largest absolute Gasteiger partial charge is 0.392 e. The van der Waals surface area contributed by atoms with E-state index in [0.717, 1.165) is 30.6 Å². The van der Waals surface area contributed by atoms with Crippen molar-refractivity contribution in [1.29, 1.82) is 0 Å². The summed E-state index contributed by atoms with van der Waals surface area (Å²) in [6.07, 6.45) is 5.36. The van der Waals surface area contributed by atoms with Crippen molar-refractivity contribution in [2.45, 2.75) is 19.8 Å². The number of fused-ring (bicyclic) bond motifs is 1. The molecule has 0 spiro atoms. The molecule has 0 bridgehead atoms. The molecule has 0 atom stereocenters. The normalized spacial score (nSPS) is 14.4. The first-order valence-electron chi connectivity index (χ1n) is 5.88. The SMILES string of the molecule is CC(=O)N1CCc2cccc(C/C=C\CO)c21. The Morgan fingerprint density at radius 1 is 1.47 bits per heavy atom. The van der Waals surface area contributed by atoms with Crippen LogP contribution in [0.1, 0.15) is 18.1 Å². The van der Waals surface area contributed by atoms with Crippen molar-refractivity contribution >= 4 is 11.6 Å². The van der Waals surface area contributed by atoms with Gasteiger partial charge < -0.3 is 10.0 Å². The summed E-state index contributed by atoms with van der Waals surface area (Å²) in [5.74, 6) is 0.0994. The quantitative estimate of drug-likeness (QED) is 0.804. The summed E-state index contributed by atoms with van der Waals surface area (Å²) >= 11 is 0. The molecule has 0 aromatic heterocycles. The van der Waals surface area contributed by atoms with Crippen LogP contribution in [0.3, 0.4) is 0 Å². The van der Waals surface area contributed by atoms with Crippen LogP contribution in [-0.4, -0.2) is 24.2 Å². The lowest BCUT2D eigenvalue weighted by molar-refractivity contribution is -0.116. The smallest absolute Gasteiger partial charge is 0.223 e. The van der Waals surface area contributed by atoms with Crippen LogP contribution in [0.25, 0.3) is 0 Å². The van der Waals surface area contributed by atoms with E-state index in [1.165, 1.54) is 5.56 Å². The van der Waals surface area contributed by atoms with Crippen molar-refractivity contribution < 1.29 is 9.90 Å². The summed E-state index contributed by atoms with van der Waals surface area (Å²) in [7, 11) is 0. The molecule has 1 aromatic rings. The van der Waals surface area contributed by atoms with Crippen LogP contribution >= 0.6 is 0 Å². The second-order valence-corrected chi connectivity index (χ2v) is 4.20. The zero-order valence-corrected chi connectivity index (χ0v) is 10.0. The number of hydrogen-bond donors (Lipinski definition) is 1. The Hall–Kier alpha value is -1.61. The van der Waals surface area contributed by atoms with Gasteiger partial charge in [-0.1, -0.05) is 30.4 Å². The first kappa shape index (κ1) is 11.9. The summed E-state index contributed by atoms with van der Waals surface area (Å²) in [5.41, 5.74) is 3.47. The maximum absolute atomic E-state index is 11.6. The van der Waals surface area contributed by atoms with E-state index in [2.05, 4.69) is 6.07 Å². The summed E-state index contributed by atoms with van der Waals surface area (Å²) in [6.45, 7) is 2.45. The molecule has 0 aliphatic carbocycles. The van der Waals surface area contributed by atoms with Gasteiger partial charge in [-0.3, -0.25) is 4.79 Å². The van der Waals surface area contributed by atoms with Crippen molar-refractivity contribution in [2.75, 3.05) is 18.1 Å². The number of nitrogens with zero attached hydrogens (tertiary/aromatic N) is 1. The molecule has 0 saturated heterocycles. The van der Waals surface area contributed by atoms with Gasteiger partial charge in [-0.05, 0) is 24.0 Å². The fourth-order valence-corrected chi connectivity index (χ4v) is 2.30. The molecule has 0 radical (unpaired) electrons. The molecule has 1 aliphatic heterocycles. The minimum absolute atomic E-state index is 0.0610. The zero-order chi connectivity index (χ0) is 12.3. The first-order valence-corrected chi connectivity index (χ1v) is 5.88. The first-order chi connectivity index (χ1) is 8.24. The second-order valence-electron chi connectivity index (χ2n) is 4.20. The standard InChI is InChI=1S/C14H17NO2/c1-11(17)15-9-8-13-7-4-6-12(14(13)15)5-2-3-10-16/h2-4,6-7,16H,5,8-10H2,1H3/b3-2-. The number of carbonyl (C=O) groups is 1. The lowest BCUT2D eigenvalue weighted by Crippen LogP contribution is -2.26. The van der Waals surface area contributed by atoms with Crippen molar-refractivity contribution in [3.05, 3.63) is 41.5 Å². The van der Waals surface area contributed by atoms with Crippen molar-refractivity contribution in [3.8, 4) is 0 Å². The number of para-hydroxylation sites is 1. The predicted octanol–water partition coefficient (Wildman–Crippen LogP) is 1.69. The molecule has 1 heterocycles. The minimum Gasteiger partial charge on any atom is -0.392 e. The van der Waals surface area contributed by atoms with E-state index >= 15 is 0 Å². The number of amides is 1. The van der Waals surface area contributed by atoms with Gasteiger partial charge in [-0.25, -0.2) is 0 Å². The van der Waals surface area contributed by atoms with E-state index in [0.29, 0.717) is 0 Å². The average molecular weight is 231 g/mol. The summed E-state index contributed by atoms with van der Waals surface area (Å²) in [6, 6.07) is 6.16. The Bertz CT molecular complexity index is 452. The summed E-state index contributed by atoms with van der Waals surface area (Å²) in [5, 5.41) is 8.73. The fourth-order valence-electron chi connectivity index (χ4n) is 2.30. The van der Waals surface area contributed by atoms with Gasteiger partial charge in [0.05, 0.1) is 12.3 Å². The number of carbonyl (C=O) groups excluding carboxylic acids is 1. The average Bonchev–Trinajstić information content (AvgIpc) is 2.74. The third-order valence-corrected chi connectivity index (χ3v) is 3.07.